The summed E-state index contributed by atoms with van der Waals surface area (Å²) >= 11 is 0. The van der Waals surface area contributed by atoms with Gasteiger partial charge in [0, 0.05) is 25.2 Å². The second-order valence-electron chi connectivity index (χ2n) is 9.63. The van der Waals surface area contributed by atoms with Gasteiger partial charge in [-0.05, 0) is 74.6 Å². The summed E-state index contributed by atoms with van der Waals surface area (Å²) in [6.45, 7) is 4.16. The summed E-state index contributed by atoms with van der Waals surface area (Å²) in [5.41, 5.74) is 2.14. The lowest BCUT2D eigenvalue weighted by molar-refractivity contribution is -0.164. The molecule has 5 heterocycles. The van der Waals surface area contributed by atoms with Crippen LogP contribution in [0.25, 0.3) is 0 Å². The monoisotopic (exact) mass is 381 g/mol. The Labute approximate surface area is 167 Å². The highest BCUT2D eigenvalue weighted by atomic mass is 16.3. The van der Waals surface area contributed by atoms with Gasteiger partial charge in [0.15, 0.2) is 0 Å². The molecule has 1 aromatic rings. The minimum Gasteiger partial charge on any atom is -0.374 e. The largest absolute Gasteiger partial charge is 0.374 e. The Balaban J connectivity index is 1.26. The number of rotatable bonds is 1. The minimum atomic E-state index is -0.640. The molecule has 6 rings (SSSR count). The second kappa shape index (κ2) is 6.54. The van der Waals surface area contributed by atoms with E-state index in [-0.39, 0.29) is 11.9 Å². The van der Waals surface area contributed by atoms with Crippen molar-refractivity contribution in [3.63, 3.8) is 0 Å². The molecule has 5 aliphatic rings. The molecule has 0 spiro atoms. The first-order chi connectivity index (χ1) is 13.7. The van der Waals surface area contributed by atoms with Crippen molar-refractivity contribution in [2.45, 2.75) is 69.4 Å². The van der Waals surface area contributed by atoms with E-state index in [1.807, 2.05) is 23.1 Å². The van der Waals surface area contributed by atoms with Crippen molar-refractivity contribution in [1.82, 2.24) is 14.7 Å². The van der Waals surface area contributed by atoms with Gasteiger partial charge in [-0.15, -0.1) is 0 Å². The molecule has 6 atom stereocenters. The van der Waals surface area contributed by atoms with Gasteiger partial charge < -0.3 is 10.0 Å². The van der Waals surface area contributed by atoms with E-state index in [2.05, 4.69) is 15.9 Å². The van der Waals surface area contributed by atoms with Crippen LogP contribution in [-0.4, -0.2) is 63.5 Å². The van der Waals surface area contributed by atoms with Crippen LogP contribution in [0.2, 0.25) is 0 Å². The normalized spacial score (nSPS) is 40.8. The highest BCUT2D eigenvalue weighted by Gasteiger charge is 2.53. The van der Waals surface area contributed by atoms with E-state index in [0.717, 1.165) is 31.0 Å². The number of aliphatic hydroxyl groups excluding tert-OH is 1. The average Bonchev–Trinajstić information content (AvgIpc) is 3.06. The van der Waals surface area contributed by atoms with Crippen LogP contribution in [0.15, 0.2) is 24.3 Å². The average molecular weight is 382 g/mol. The molecule has 5 nitrogen and oxygen atoms in total. The van der Waals surface area contributed by atoms with Crippen molar-refractivity contribution >= 4 is 5.91 Å². The molecule has 1 amide bonds. The molecule has 1 N–H and O–H groups in total. The summed E-state index contributed by atoms with van der Waals surface area (Å²) in [4.78, 5) is 20.7. The number of carbonyl (C=O) groups is 1. The molecule has 5 heteroatoms. The van der Waals surface area contributed by atoms with Gasteiger partial charge in [0.05, 0.1) is 6.04 Å². The number of aliphatic hydroxyl groups is 1. The molecule has 0 radical (unpaired) electrons. The molecule has 0 saturated carbocycles. The standard InChI is InChI=1S/C23H31N3O2/c27-22-17-7-2-1-5-15(17)13-26(22)20-10-9-19-18-8-4-12-24-11-3-6-16(21(18)24)14-25(19)23(20)28/h1-2,5,7,16,18-22,27H,3-4,6,8-14H2/t16-,18+,19+,20?,21-,22?/m0/s1. The molecule has 150 valence electrons. The van der Waals surface area contributed by atoms with Gasteiger partial charge >= 0.3 is 0 Å². The second-order valence-corrected chi connectivity index (χ2v) is 9.63. The third kappa shape index (κ3) is 2.45. The van der Waals surface area contributed by atoms with Gasteiger partial charge in [0.1, 0.15) is 6.23 Å². The van der Waals surface area contributed by atoms with Gasteiger partial charge in [0.25, 0.3) is 0 Å². The number of amides is 1. The zero-order valence-electron chi connectivity index (χ0n) is 16.5. The number of benzene rings is 1. The fourth-order valence-corrected chi connectivity index (χ4v) is 7.24. The maximum atomic E-state index is 13.6. The Kier molecular flexibility index (Phi) is 4.07. The fourth-order valence-electron chi connectivity index (χ4n) is 7.24. The predicted octanol–water partition coefficient (Wildman–Crippen LogP) is 2.36. The maximum absolute atomic E-state index is 13.6. The van der Waals surface area contributed by atoms with Crippen LogP contribution in [-0.2, 0) is 11.3 Å². The highest BCUT2D eigenvalue weighted by molar-refractivity contribution is 5.83. The van der Waals surface area contributed by atoms with E-state index in [1.54, 1.807) is 0 Å². The number of carbonyl (C=O) groups excluding carboxylic acids is 1. The van der Waals surface area contributed by atoms with Crippen LogP contribution in [0.5, 0.6) is 0 Å². The lowest BCUT2D eigenvalue weighted by Crippen LogP contribution is -2.69. The van der Waals surface area contributed by atoms with Crippen LogP contribution in [0.1, 0.15) is 55.9 Å². The van der Waals surface area contributed by atoms with E-state index < -0.39 is 6.23 Å². The topological polar surface area (TPSA) is 47.0 Å². The van der Waals surface area contributed by atoms with E-state index in [4.69, 9.17) is 0 Å². The van der Waals surface area contributed by atoms with Crippen molar-refractivity contribution in [3.8, 4) is 0 Å². The van der Waals surface area contributed by atoms with Crippen molar-refractivity contribution in [2.24, 2.45) is 11.8 Å². The van der Waals surface area contributed by atoms with Gasteiger partial charge in [-0.25, -0.2) is 0 Å². The molecular formula is C23H31N3O2. The first-order valence-electron chi connectivity index (χ1n) is 11.3. The Bertz CT molecular complexity index is 781. The highest BCUT2D eigenvalue weighted by Crippen LogP contribution is 2.46. The number of hydrogen-bond acceptors (Lipinski definition) is 4. The van der Waals surface area contributed by atoms with E-state index in [9.17, 15) is 9.90 Å². The van der Waals surface area contributed by atoms with Crippen molar-refractivity contribution in [2.75, 3.05) is 19.6 Å². The molecular weight excluding hydrogens is 350 g/mol. The number of piperidine rings is 4. The lowest BCUT2D eigenvalue weighted by atomic mass is 9.67. The molecule has 2 unspecified atom stereocenters. The molecule has 4 fully saturated rings. The summed E-state index contributed by atoms with van der Waals surface area (Å²) in [6, 6.07) is 9.06. The quantitative estimate of drug-likeness (QED) is 0.811. The number of hydrogen-bond donors (Lipinski definition) is 1. The van der Waals surface area contributed by atoms with Crippen LogP contribution in [0, 0.1) is 11.8 Å². The smallest absolute Gasteiger partial charge is 0.240 e. The van der Waals surface area contributed by atoms with Gasteiger partial charge in [-0.3, -0.25) is 14.6 Å². The first kappa shape index (κ1) is 17.4. The maximum Gasteiger partial charge on any atom is 0.240 e. The van der Waals surface area contributed by atoms with Gasteiger partial charge in [-0.1, -0.05) is 24.3 Å². The summed E-state index contributed by atoms with van der Waals surface area (Å²) in [6.07, 6.45) is 6.47. The first-order valence-corrected chi connectivity index (χ1v) is 11.3. The summed E-state index contributed by atoms with van der Waals surface area (Å²) in [5, 5.41) is 10.9. The lowest BCUT2D eigenvalue weighted by Gasteiger charge is -2.59. The van der Waals surface area contributed by atoms with E-state index in [1.165, 1.54) is 44.3 Å². The Morgan fingerprint density at radius 3 is 2.68 bits per heavy atom. The Morgan fingerprint density at radius 2 is 1.82 bits per heavy atom. The zero-order chi connectivity index (χ0) is 18.8. The van der Waals surface area contributed by atoms with Crippen LogP contribution >= 0.6 is 0 Å². The Morgan fingerprint density at radius 1 is 1.00 bits per heavy atom. The van der Waals surface area contributed by atoms with Crippen LogP contribution < -0.4 is 0 Å². The summed E-state index contributed by atoms with van der Waals surface area (Å²) < 4.78 is 0. The third-order valence-electron chi connectivity index (χ3n) is 8.38. The van der Waals surface area contributed by atoms with Crippen LogP contribution in [0.4, 0.5) is 0 Å². The number of fused-ring (bicyclic) bond motifs is 3. The van der Waals surface area contributed by atoms with E-state index in [0.29, 0.717) is 24.4 Å². The molecule has 1 aromatic carbocycles. The minimum absolute atomic E-state index is 0.168. The van der Waals surface area contributed by atoms with Crippen LogP contribution in [0.3, 0.4) is 0 Å². The molecule has 0 bridgehead atoms. The fraction of sp³-hybridized carbons (Fsp3) is 0.696. The molecule has 0 aromatic heterocycles. The summed E-state index contributed by atoms with van der Waals surface area (Å²) in [7, 11) is 0. The van der Waals surface area contributed by atoms with Crippen molar-refractivity contribution in [3.05, 3.63) is 35.4 Å². The third-order valence-corrected chi connectivity index (χ3v) is 8.38. The van der Waals surface area contributed by atoms with Crippen molar-refractivity contribution in [1.29, 1.82) is 0 Å². The molecule has 28 heavy (non-hydrogen) atoms. The molecule has 0 aliphatic carbocycles. The number of nitrogens with zero attached hydrogens (tertiary/aromatic N) is 3. The zero-order valence-corrected chi connectivity index (χ0v) is 16.5. The summed E-state index contributed by atoms with van der Waals surface area (Å²) in [5.74, 6) is 1.60. The van der Waals surface area contributed by atoms with Crippen molar-refractivity contribution < 1.29 is 9.90 Å². The molecule has 5 aliphatic heterocycles. The predicted molar refractivity (Wildman–Crippen MR) is 106 cm³/mol. The molecule has 4 saturated heterocycles. The Hall–Kier alpha value is -1.43. The van der Waals surface area contributed by atoms with Gasteiger partial charge in [-0.2, -0.15) is 0 Å². The van der Waals surface area contributed by atoms with E-state index >= 15 is 0 Å². The van der Waals surface area contributed by atoms with Gasteiger partial charge in [0.2, 0.25) is 5.91 Å². The SMILES string of the molecule is O=C1C(N2Cc3ccccc3C2O)CC[C@@H]2[C@H]3CCCN4CCC[C@@H](CN12)[C@@H]34.